The van der Waals surface area contributed by atoms with Crippen LogP contribution in [0.2, 0.25) is 0 Å². The number of hydrogen-bond donors (Lipinski definition) is 6. The molecule has 6 heterocycles. The number of nitrogens with zero attached hydrogens (tertiary/aromatic N) is 6. The summed E-state index contributed by atoms with van der Waals surface area (Å²) in [7, 11) is -9.96. The predicted molar refractivity (Wildman–Crippen MR) is 353 cm³/mol. The molecule has 0 spiro atoms. The standard InChI is InChI=1S/C64H91N9O23P2/c1-4-5-6-7-14-24-65-55(76)23-27-87-29-31-89-33-34-90-32-30-88-28-25-73-60-48-19-10-8-16-46(48)41-70(50-21-12-11-20-49(50)59(60)68-69-73)56(77)22-13-9-17-47(74)18-15-26-86-35-36-91-97(82,83)92-43-54-52(38-58(95-54)72-40-45(3)62(79)67-64(72)81)96-98(84,85)93-42-53-51(75)37-57(94-53)71-39-44(2)61(78)66-63(71)80/h8,10-12,16,19-21,39-40,51-54,57-58,75H,4-7,9,13-15,17-18,22-38,41-43H2,1-3H3,(H,65,76)(H,82,83)(H,84,85)(H,66,78,80)(H,67,79,81)/t51?,52?,53-,54-,57-,58-/m1/s1. The summed E-state index contributed by atoms with van der Waals surface area (Å²) in [6.45, 7) is 7.54. The fraction of sp³-hybridized carbons (Fsp3) is 0.609. The lowest BCUT2D eigenvalue weighted by atomic mass is 9.95. The molecule has 2 aromatic carbocycles. The van der Waals surface area contributed by atoms with E-state index in [4.69, 9.17) is 51.3 Å². The number of amides is 2. The van der Waals surface area contributed by atoms with Gasteiger partial charge in [0.15, 0.2) is 0 Å². The van der Waals surface area contributed by atoms with Crippen molar-refractivity contribution in [2.45, 2.75) is 161 Å². The molecule has 2 fully saturated rings. The summed E-state index contributed by atoms with van der Waals surface area (Å²) in [6, 6.07) is 15.4. The van der Waals surface area contributed by atoms with E-state index in [2.05, 4.69) is 32.5 Å². The molecule has 32 nitrogen and oxygen atoms in total. The molecule has 34 heteroatoms. The zero-order valence-corrected chi connectivity index (χ0v) is 57.3. The van der Waals surface area contributed by atoms with E-state index < -0.39 is 94.8 Å². The van der Waals surface area contributed by atoms with Gasteiger partial charge in [-0.25, -0.2) is 23.4 Å². The highest BCUT2D eigenvalue weighted by Crippen LogP contribution is 2.51. The average Bonchev–Trinajstić information content (AvgIpc) is 1.43. The number of aryl methyl sites for hydroxylation is 2. The molecule has 540 valence electrons. The van der Waals surface area contributed by atoms with Crippen molar-refractivity contribution in [2.75, 3.05) is 97.3 Å². The Morgan fingerprint density at radius 1 is 0.633 bits per heavy atom. The van der Waals surface area contributed by atoms with Gasteiger partial charge in [0, 0.05) is 86.3 Å². The Bertz CT molecular complexity index is 3750. The van der Waals surface area contributed by atoms with Gasteiger partial charge in [0.25, 0.3) is 11.1 Å². The maximum atomic E-state index is 14.1. The van der Waals surface area contributed by atoms with Crippen LogP contribution in [0.25, 0.3) is 22.5 Å². The first-order valence-electron chi connectivity index (χ1n) is 33.2. The number of phosphoric acid groups is 2. The Hall–Kier alpha value is -6.55. The van der Waals surface area contributed by atoms with Crippen LogP contribution in [0, 0.1) is 13.8 Å². The van der Waals surface area contributed by atoms with Crippen LogP contribution in [-0.4, -0.2) is 183 Å². The number of Topliss-reactive ketones (excluding diaryl/α,β-unsaturated/α-hetero) is 1. The number of rotatable bonds is 44. The summed E-state index contributed by atoms with van der Waals surface area (Å²) in [5, 5.41) is 22.8. The van der Waals surface area contributed by atoms with E-state index in [-0.39, 0.29) is 74.0 Å². The Kier molecular flexibility index (Phi) is 30.6. The summed E-state index contributed by atoms with van der Waals surface area (Å²) in [6.07, 6.45) is 2.23. The molecule has 3 aliphatic heterocycles. The van der Waals surface area contributed by atoms with Crippen molar-refractivity contribution in [1.29, 1.82) is 0 Å². The van der Waals surface area contributed by atoms with Gasteiger partial charge in [-0.2, -0.15) is 0 Å². The van der Waals surface area contributed by atoms with Gasteiger partial charge in [-0.15, -0.1) is 5.10 Å². The van der Waals surface area contributed by atoms with Crippen LogP contribution in [0.15, 0.2) is 80.1 Å². The number of aromatic nitrogens is 7. The fourth-order valence-corrected chi connectivity index (χ4v) is 12.9. The molecular formula is C64H91N9O23P2. The number of carbonyl (C=O) groups excluding carboxylic acids is 3. The largest absolute Gasteiger partial charge is 0.472 e. The molecule has 3 aliphatic rings. The molecule has 3 aromatic heterocycles. The number of nitrogens with one attached hydrogen (secondary N) is 3. The van der Waals surface area contributed by atoms with Crippen LogP contribution in [0.1, 0.15) is 126 Å². The molecule has 2 amide bonds. The van der Waals surface area contributed by atoms with E-state index in [1.54, 1.807) is 4.90 Å². The van der Waals surface area contributed by atoms with E-state index >= 15 is 0 Å². The van der Waals surface area contributed by atoms with Crippen molar-refractivity contribution in [3.05, 3.63) is 119 Å². The number of hydrogen-bond acceptors (Lipinski definition) is 23. The van der Waals surface area contributed by atoms with Crippen molar-refractivity contribution in [3.8, 4) is 22.5 Å². The number of aliphatic hydroxyl groups excluding tert-OH is 1. The molecule has 0 bridgehead atoms. The minimum absolute atomic E-state index is 0.00160. The second-order valence-electron chi connectivity index (χ2n) is 23.8. The average molecular weight is 1420 g/mol. The minimum atomic E-state index is -5.09. The van der Waals surface area contributed by atoms with Gasteiger partial charge in [0.1, 0.15) is 42.2 Å². The first-order chi connectivity index (χ1) is 47.2. The van der Waals surface area contributed by atoms with Crippen LogP contribution in [0.5, 0.6) is 0 Å². The van der Waals surface area contributed by atoms with E-state index in [0.717, 1.165) is 44.4 Å². The molecule has 2 saturated heterocycles. The summed E-state index contributed by atoms with van der Waals surface area (Å²) in [4.78, 5) is 116. The number of para-hydroxylation sites is 1. The smallest absolute Gasteiger partial charge is 0.390 e. The molecule has 4 unspecified atom stereocenters. The molecule has 0 saturated carbocycles. The Labute approximate surface area is 565 Å². The lowest BCUT2D eigenvalue weighted by molar-refractivity contribution is -0.122. The molecule has 6 N–H and O–H groups in total. The van der Waals surface area contributed by atoms with Crippen LogP contribution in [-0.2, 0) is 87.9 Å². The number of ether oxygens (including phenoxy) is 7. The highest BCUT2D eigenvalue weighted by Gasteiger charge is 2.45. The van der Waals surface area contributed by atoms with Gasteiger partial charge in [-0.1, -0.05) is 80.3 Å². The molecule has 5 aromatic rings. The van der Waals surface area contributed by atoms with Gasteiger partial charge in [-0.05, 0) is 51.2 Å². The number of aliphatic hydroxyl groups is 1. The van der Waals surface area contributed by atoms with E-state index in [1.807, 2.05) is 53.2 Å². The third-order valence-electron chi connectivity index (χ3n) is 16.4. The number of aromatic amines is 2. The lowest BCUT2D eigenvalue weighted by Gasteiger charge is -2.28. The molecule has 0 radical (unpaired) electrons. The maximum absolute atomic E-state index is 14.1. The van der Waals surface area contributed by atoms with Crippen LogP contribution < -0.4 is 32.7 Å². The highest BCUT2D eigenvalue weighted by molar-refractivity contribution is 7.47. The van der Waals surface area contributed by atoms with Gasteiger partial charge in [0.2, 0.25) is 11.8 Å². The van der Waals surface area contributed by atoms with Crippen LogP contribution >= 0.6 is 15.6 Å². The summed E-state index contributed by atoms with van der Waals surface area (Å²) in [5.74, 6) is -0.140. The predicted octanol–water partition coefficient (Wildman–Crippen LogP) is 5.22. The Balaban J connectivity index is 0.705. The Morgan fingerprint density at radius 2 is 1.20 bits per heavy atom. The van der Waals surface area contributed by atoms with Gasteiger partial charge < -0.3 is 58.3 Å². The first kappa shape index (κ1) is 77.2. The maximum Gasteiger partial charge on any atom is 0.472 e. The normalized spacial score (nSPS) is 19.5. The number of carbonyl (C=O) groups is 3. The molecule has 8 rings (SSSR count). The van der Waals surface area contributed by atoms with Crippen molar-refractivity contribution in [3.63, 3.8) is 0 Å². The Morgan fingerprint density at radius 3 is 1.91 bits per heavy atom. The van der Waals surface area contributed by atoms with E-state index in [1.165, 1.54) is 45.5 Å². The monoisotopic (exact) mass is 1420 g/mol. The molecule has 8 atom stereocenters. The SMILES string of the molecule is CCCCCCCNC(=O)CCOCCOCCOCCOCCn1nnc2c1-c1ccccc1CN(C(=O)CCCCC(=O)CCCOCCOP(=O)(O)OC[C@H]1O[C@@H](n3cc(C)c(=O)[nH]c3=O)CC1OP(=O)(O)OC[C@H]1O[C@@H](n3cc(C)c(=O)[nH]c3=O)CC1O)c1ccccc1-2. The number of H-pyrrole nitrogens is 2. The van der Waals surface area contributed by atoms with Crippen molar-refractivity contribution < 1.29 is 89.7 Å². The molecular weight excluding hydrogens is 1320 g/mol. The minimum Gasteiger partial charge on any atom is -0.390 e. The molecule has 98 heavy (non-hydrogen) atoms. The molecule has 0 aliphatic carbocycles. The van der Waals surface area contributed by atoms with Crippen molar-refractivity contribution in [1.82, 2.24) is 39.4 Å². The first-order valence-corrected chi connectivity index (χ1v) is 36.2. The van der Waals surface area contributed by atoms with Crippen LogP contribution in [0.3, 0.4) is 0 Å². The van der Waals surface area contributed by atoms with Gasteiger partial charge in [0.05, 0.1) is 110 Å². The number of benzene rings is 2. The van der Waals surface area contributed by atoms with E-state index in [0.29, 0.717) is 110 Å². The zero-order valence-electron chi connectivity index (χ0n) is 55.5. The third kappa shape index (κ3) is 23.5. The number of fused-ring (bicyclic) bond motifs is 5. The second-order valence-corrected chi connectivity index (χ2v) is 26.7. The van der Waals surface area contributed by atoms with Crippen LogP contribution in [0.4, 0.5) is 5.69 Å². The number of unbranched alkanes of at least 4 members (excludes halogenated alkanes) is 5. The van der Waals surface area contributed by atoms with E-state index in [9.17, 15) is 57.6 Å². The quantitative estimate of drug-likeness (QED) is 0.0215. The van der Waals surface area contributed by atoms with Crippen molar-refractivity contribution >= 4 is 38.9 Å². The number of ketones is 1. The summed E-state index contributed by atoms with van der Waals surface area (Å²) < 4.78 is 91.0. The fourth-order valence-electron chi connectivity index (χ4n) is 11.2. The number of phosphoric ester groups is 2. The second kappa shape index (κ2) is 38.9. The highest BCUT2D eigenvalue weighted by atomic mass is 31.2. The third-order valence-corrected chi connectivity index (χ3v) is 18.4. The number of anilines is 1. The van der Waals surface area contributed by atoms with Gasteiger partial charge in [-0.3, -0.25) is 61.2 Å². The summed E-state index contributed by atoms with van der Waals surface area (Å²) >= 11 is 0. The van der Waals surface area contributed by atoms with Crippen molar-refractivity contribution in [2.24, 2.45) is 0 Å². The zero-order chi connectivity index (χ0) is 70.0. The van der Waals surface area contributed by atoms with Gasteiger partial charge >= 0.3 is 27.0 Å². The summed E-state index contributed by atoms with van der Waals surface area (Å²) in [5.41, 5.74) is 2.01. The topological polar surface area (TPSA) is 403 Å². The lowest BCUT2D eigenvalue weighted by Crippen LogP contribution is -2.33.